The van der Waals surface area contributed by atoms with Crippen molar-refractivity contribution < 1.29 is 42.8 Å². The van der Waals surface area contributed by atoms with E-state index in [2.05, 4.69) is 5.32 Å². The van der Waals surface area contributed by atoms with E-state index in [1.807, 2.05) is 71.9 Å². The lowest BCUT2D eigenvalue weighted by Crippen LogP contribution is -2.49. The van der Waals surface area contributed by atoms with E-state index in [9.17, 15) is 19.5 Å². The van der Waals surface area contributed by atoms with Crippen LogP contribution in [0.5, 0.6) is 5.75 Å². The van der Waals surface area contributed by atoms with Crippen molar-refractivity contribution in [2.75, 3.05) is 26.9 Å². The van der Waals surface area contributed by atoms with Crippen molar-refractivity contribution in [2.24, 2.45) is 0 Å². The van der Waals surface area contributed by atoms with Crippen LogP contribution in [0.2, 0.25) is 5.02 Å². The molecule has 0 spiro atoms. The maximum absolute atomic E-state index is 16.2. The molecule has 1 unspecified atom stereocenters. The summed E-state index contributed by atoms with van der Waals surface area (Å²) in [5.74, 6) is -2.77. The summed E-state index contributed by atoms with van der Waals surface area (Å²) < 4.78 is 38.1. The van der Waals surface area contributed by atoms with Gasteiger partial charge in [-0.1, -0.05) is 48.0 Å². The van der Waals surface area contributed by atoms with Gasteiger partial charge < -0.3 is 34.3 Å². The average molecular weight is 741 g/mol. The molecule has 1 saturated carbocycles. The zero-order valence-electron chi connectivity index (χ0n) is 31.0. The Morgan fingerprint density at radius 3 is 2.15 bits per heavy atom. The number of aromatic carboxylic acids is 1. The SMILES string of the molecule is COCCOc1ccc(C(=O)O)c(-c2cc(C(CN(C(=O)OC(C)(C)C)C3CCC(NC(=O)OC(C)(C)C)CC3)c3ccccc3)ccc2Cl)c1F. The molecule has 3 aromatic rings. The first-order chi connectivity index (χ1) is 24.5. The monoisotopic (exact) mass is 740 g/mol. The summed E-state index contributed by atoms with van der Waals surface area (Å²) in [6.07, 6.45) is 1.52. The zero-order chi connectivity index (χ0) is 38.2. The molecular formula is C40H50ClFN2O8. The van der Waals surface area contributed by atoms with Crippen molar-refractivity contribution in [1.29, 1.82) is 0 Å². The number of carbonyl (C=O) groups is 3. The largest absolute Gasteiger partial charge is 0.488 e. The summed E-state index contributed by atoms with van der Waals surface area (Å²) >= 11 is 6.70. The molecular weight excluding hydrogens is 691 g/mol. The number of benzene rings is 3. The van der Waals surface area contributed by atoms with Gasteiger partial charge in [-0.15, -0.1) is 0 Å². The summed E-state index contributed by atoms with van der Waals surface area (Å²) in [5, 5.41) is 13.2. The predicted octanol–water partition coefficient (Wildman–Crippen LogP) is 9.07. The molecule has 1 aliphatic carbocycles. The Kier molecular flexibility index (Phi) is 13.6. The molecule has 3 aromatic carbocycles. The highest BCUT2D eigenvalue weighted by molar-refractivity contribution is 6.33. The second-order valence-corrected chi connectivity index (χ2v) is 15.3. The number of hydrogen-bond donors (Lipinski definition) is 2. The van der Waals surface area contributed by atoms with E-state index in [4.69, 9.17) is 30.5 Å². The third-order valence-electron chi connectivity index (χ3n) is 8.61. The lowest BCUT2D eigenvalue weighted by Gasteiger charge is -2.39. The molecule has 1 aliphatic rings. The molecule has 10 nitrogen and oxygen atoms in total. The van der Waals surface area contributed by atoms with Crippen LogP contribution in [-0.2, 0) is 14.2 Å². The molecule has 4 rings (SSSR count). The summed E-state index contributed by atoms with van der Waals surface area (Å²) in [5.41, 5.74) is -0.142. The van der Waals surface area contributed by atoms with E-state index >= 15 is 4.39 Å². The fourth-order valence-electron chi connectivity index (χ4n) is 6.28. The third-order valence-corrected chi connectivity index (χ3v) is 8.94. The topological polar surface area (TPSA) is 124 Å². The van der Waals surface area contributed by atoms with Crippen LogP contribution in [0.1, 0.15) is 94.6 Å². The smallest absolute Gasteiger partial charge is 0.410 e. The van der Waals surface area contributed by atoms with Gasteiger partial charge in [-0.25, -0.2) is 18.8 Å². The highest BCUT2D eigenvalue weighted by Crippen LogP contribution is 2.40. The van der Waals surface area contributed by atoms with Crippen LogP contribution in [-0.4, -0.2) is 78.3 Å². The number of halogens is 2. The normalized spacial score (nSPS) is 16.8. The Balaban J connectivity index is 1.74. The van der Waals surface area contributed by atoms with Crippen molar-refractivity contribution in [3.63, 3.8) is 0 Å². The quantitative estimate of drug-likeness (QED) is 0.176. The molecule has 1 atom stereocenters. The van der Waals surface area contributed by atoms with Crippen molar-refractivity contribution in [3.8, 4) is 16.9 Å². The van der Waals surface area contributed by atoms with E-state index < -0.39 is 41.1 Å². The molecule has 0 radical (unpaired) electrons. The van der Waals surface area contributed by atoms with Gasteiger partial charge in [-0.2, -0.15) is 0 Å². The first-order valence-electron chi connectivity index (χ1n) is 17.5. The lowest BCUT2D eigenvalue weighted by atomic mass is 9.86. The fraction of sp³-hybridized carbons (Fsp3) is 0.475. The highest BCUT2D eigenvalue weighted by Gasteiger charge is 2.35. The fourth-order valence-corrected chi connectivity index (χ4v) is 6.49. The van der Waals surface area contributed by atoms with Crippen molar-refractivity contribution >= 4 is 29.8 Å². The van der Waals surface area contributed by atoms with Crippen LogP contribution in [0, 0.1) is 5.82 Å². The Labute approximate surface area is 310 Å². The molecule has 52 heavy (non-hydrogen) atoms. The van der Waals surface area contributed by atoms with Gasteiger partial charge in [-0.05, 0) is 103 Å². The molecule has 0 aliphatic heterocycles. The summed E-state index contributed by atoms with van der Waals surface area (Å²) in [7, 11) is 1.49. The van der Waals surface area contributed by atoms with E-state index in [0.717, 1.165) is 5.56 Å². The molecule has 12 heteroatoms. The second kappa shape index (κ2) is 17.4. The number of nitrogens with one attached hydrogen (secondary N) is 1. The maximum Gasteiger partial charge on any atom is 0.410 e. The third kappa shape index (κ3) is 11.1. The first kappa shape index (κ1) is 40.4. The van der Waals surface area contributed by atoms with Gasteiger partial charge in [0.2, 0.25) is 0 Å². The number of carbonyl (C=O) groups excluding carboxylic acids is 2. The Bertz CT molecular complexity index is 1700. The van der Waals surface area contributed by atoms with E-state index in [-0.39, 0.29) is 59.3 Å². The molecule has 0 heterocycles. The number of hydrogen-bond acceptors (Lipinski definition) is 7. The second-order valence-electron chi connectivity index (χ2n) is 14.9. The summed E-state index contributed by atoms with van der Waals surface area (Å²) in [4.78, 5) is 40.6. The van der Waals surface area contributed by atoms with Gasteiger partial charge in [0.15, 0.2) is 11.6 Å². The van der Waals surface area contributed by atoms with E-state index in [1.54, 1.807) is 23.1 Å². The minimum atomic E-state index is -1.33. The highest BCUT2D eigenvalue weighted by atomic mass is 35.5. The lowest BCUT2D eigenvalue weighted by molar-refractivity contribution is 0.00940. The van der Waals surface area contributed by atoms with E-state index in [1.165, 1.54) is 19.2 Å². The average Bonchev–Trinajstić information content (AvgIpc) is 3.05. The van der Waals surface area contributed by atoms with Gasteiger partial charge in [0.1, 0.15) is 17.8 Å². The van der Waals surface area contributed by atoms with Crippen molar-refractivity contribution in [1.82, 2.24) is 10.2 Å². The zero-order valence-corrected chi connectivity index (χ0v) is 31.7. The van der Waals surface area contributed by atoms with Crippen LogP contribution in [0.25, 0.3) is 11.1 Å². The predicted molar refractivity (Wildman–Crippen MR) is 198 cm³/mol. The number of carboxylic acids is 1. The van der Waals surface area contributed by atoms with E-state index in [0.29, 0.717) is 31.2 Å². The number of ether oxygens (including phenoxy) is 4. The number of nitrogens with zero attached hydrogens (tertiary/aromatic N) is 1. The van der Waals surface area contributed by atoms with Crippen LogP contribution in [0.3, 0.4) is 0 Å². The number of carboxylic acid groups (broad SMARTS) is 1. The maximum atomic E-state index is 16.2. The van der Waals surface area contributed by atoms with Gasteiger partial charge in [-0.3, -0.25) is 0 Å². The molecule has 0 bridgehead atoms. The number of rotatable bonds is 12. The van der Waals surface area contributed by atoms with Crippen LogP contribution >= 0.6 is 11.6 Å². The minimum Gasteiger partial charge on any atom is -0.488 e. The van der Waals surface area contributed by atoms with Crippen LogP contribution < -0.4 is 10.1 Å². The molecule has 2 N–H and O–H groups in total. The molecule has 1 fully saturated rings. The van der Waals surface area contributed by atoms with Crippen LogP contribution in [0.4, 0.5) is 14.0 Å². The first-order valence-corrected chi connectivity index (χ1v) is 17.9. The Morgan fingerprint density at radius 2 is 1.56 bits per heavy atom. The molecule has 0 saturated heterocycles. The van der Waals surface area contributed by atoms with Gasteiger partial charge in [0.25, 0.3) is 0 Å². The minimum absolute atomic E-state index is 0.0581. The van der Waals surface area contributed by atoms with Gasteiger partial charge in [0.05, 0.1) is 12.2 Å². The summed E-state index contributed by atoms with van der Waals surface area (Å²) in [6, 6.07) is 16.9. The molecule has 2 amide bonds. The number of amides is 2. The molecule has 282 valence electrons. The summed E-state index contributed by atoms with van der Waals surface area (Å²) in [6.45, 7) is 11.3. The Morgan fingerprint density at radius 1 is 0.904 bits per heavy atom. The van der Waals surface area contributed by atoms with Crippen molar-refractivity contribution in [3.05, 3.63) is 88.2 Å². The van der Waals surface area contributed by atoms with Gasteiger partial charge >= 0.3 is 18.2 Å². The molecule has 0 aromatic heterocycles. The standard InChI is InChI=1S/C40H50ClFN2O8/c1-39(2,3)51-37(47)43-27-14-16-28(17-15-27)44(38(48)52-40(4,5)6)24-31(25-11-9-8-10-12-25)26-13-19-32(41)30(23-26)34-29(36(45)46)18-20-33(35(34)42)50-22-21-49-7/h8-13,18-20,23,27-28,31H,14-17,21-22,24H2,1-7H3,(H,43,47)(H,45,46). The van der Waals surface area contributed by atoms with Crippen LogP contribution in [0.15, 0.2) is 60.7 Å². The Hall–Kier alpha value is -4.35. The number of alkyl carbamates (subject to hydrolysis) is 1. The number of methoxy groups -OCH3 is 1. The van der Waals surface area contributed by atoms with Crippen molar-refractivity contribution in [2.45, 2.75) is 96.4 Å². The van der Waals surface area contributed by atoms with Gasteiger partial charge in [0, 0.05) is 47.8 Å².